The molecule has 184 valence electrons. The number of carbonyl (C=O) groups excluding carboxylic acids is 2. The number of benzene rings is 1. The minimum absolute atomic E-state index is 0.0211. The summed E-state index contributed by atoms with van der Waals surface area (Å²) in [4.78, 5) is 24.5. The molecule has 2 amide bonds. The molecule has 2 fully saturated rings. The predicted molar refractivity (Wildman–Crippen MR) is 127 cm³/mol. The largest absolute Gasteiger partial charge is 0.374 e. The van der Waals surface area contributed by atoms with E-state index in [0.29, 0.717) is 17.4 Å². The summed E-state index contributed by atoms with van der Waals surface area (Å²) in [5.41, 5.74) is 0. The Kier molecular flexibility index (Phi) is 9.41. The first-order chi connectivity index (χ1) is 15.7. The van der Waals surface area contributed by atoms with E-state index in [4.69, 9.17) is 27.9 Å². The zero-order valence-electron chi connectivity index (χ0n) is 18.7. The van der Waals surface area contributed by atoms with Crippen LogP contribution in [0.25, 0.3) is 0 Å². The summed E-state index contributed by atoms with van der Waals surface area (Å²) >= 11 is 12.0. The third-order valence-electron chi connectivity index (χ3n) is 6.14. The van der Waals surface area contributed by atoms with Crippen LogP contribution in [-0.4, -0.2) is 62.9 Å². The Morgan fingerprint density at radius 3 is 2.67 bits per heavy atom. The van der Waals surface area contributed by atoms with Crippen molar-refractivity contribution >= 4 is 45.0 Å². The molecule has 0 radical (unpaired) electrons. The maximum Gasteiger partial charge on any atom is 0.244 e. The average molecular weight is 520 g/mol. The Bertz CT molecular complexity index is 953. The average Bonchev–Trinajstić information content (AvgIpc) is 3.29. The van der Waals surface area contributed by atoms with E-state index in [9.17, 15) is 18.0 Å². The molecule has 2 atom stereocenters. The second-order valence-electron chi connectivity index (χ2n) is 8.65. The van der Waals surface area contributed by atoms with E-state index < -0.39 is 22.2 Å². The summed E-state index contributed by atoms with van der Waals surface area (Å²) in [6.45, 7) is 2.20. The quantitative estimate of drug-likeness (QED) is 0.521. The van der Waals surface area contributed by atoms with Crippen LogP contribution in [0.4, 0.5) is 0 Å². The molecule has 1 aliphatic carbocycles. The molecule has 2 N–H and O–H groups in total. The number of hydrogen-bond acceptors (Lipinski definition) is 5. The molecule has 11 heteroatoms. The van der Waals surface area contributed by atoms with Gasteiger partial charge < -0.3 is 15.4 Å². The van der Waals surface area contributed by atoms with Gasteiger partial charge in [0.2, 0.25) is 21.8 Å². The summed E-state index contributed by atoms with van der Waals surface area (Å²) in [5, 5.41) is 5.88. The van der Waals surface area contributed by atoms with Crippen molar-refractivity contribution < 1.29 is 22.7 Å². The zero-order chi connectivity index (χ0) is 24.0. The van der Waals surface area contributed by atoms with E-state index in [2.05, 4.69) is 10.6 Å². The van der Waals surface area contributed by atoms with E-state index >= 15 is 0 Å². The first-order valence-electron chi connectivity index (χ1n) is 11.3. The highest BCUT2D eigenvalue weighted by Crippen LogP contribution is 2.29. The Morgan fingerprint density at radius 1 is 1.24 bits per heavy atom. The number of sulfonamides is 1. The molecule has 1 heterocycles. The summed E-state index contributed by atoms with van der Waals surface area (Å²) < 4.78 is 32.9. The Labute approximate surface area is 205 Å². The van der Waals surface area contributed by atoms with Crippen molar-refractivity contribution in [2.24, 2.45) is 5.92 Å². The van der Waals surface area contributed by atoms with Gasteiger partial charge in [-0.2, -0.15) is 4.31 Å². The monoisotopic (exact) mass is 519 g/mol. The first-order valence-corrected chi connectivity index (χ1v) is 13.5. The van der Waals surface area contributed by atoms with Gasteiger partial charge in [0.25, 0.3) is 0 Å². The standard InChI is InChI=1S/C22H31Cl2N3O5S/c1-15(26-21(28)9-6-16-4-2-3-5-16)22(29)25-13-18-14-27(10-11-32-18)33(30,31)20-8-7-17(23)12-19(20)24/h7-8,12,15-16,18H,2-6,9-11,13-14H2,1H3,(H,25,29)(H,26,28)/t15-,18?/m0/s1. The van der Waals surface area contributed by atoms with Crippen molar-refractivity contribution in [1.29, 1.82) is 0 Å². The van der Waals surface area contributed by atoms with Gasteiger partial charge in [0.15, 0.2) is 0 Å². The zero-order valence-corrected chi connectivity index (χ0v) is 21.0. The maximum absolute atomic E-state index is 13.0. The third kappa shape index (κ3) is 7.29. The van der Waals surface area contributed by atoms with Crippen molar-refractivity contribution in [3.63, 3.8) is 0 Å². The van der Waals surface area contributed by atoms with Crippen molar-refractivity contribution in [3.8, 4) is 0 Å². The molecule has 0 bridgehead atoms. The molecular formula is C22H31Cl2N3O5S. The number of nitrogens with one attached hydrogen (secondary N) is 2. The predicted octanol–water partition coefficient (Wildman–Crippen LogP) is 2.97. The number of halogens is 2. The van der Waals surface area contributed by atoms with Crippen molar-refractivity contribution in [3.05, 3.63) is 28.2 Å². The van der Waals surface area contributed by atoms with Gasteiger partial charge in [-0.3, -0.25) is 9.59 Å². The van der Waals surface area contributed by atoms with Crippen LogP contribution in [0.2, 0.25) is 10.0 Å². The second-order valence-corrected chi connectivity index (χ2v) is 11.4. The molecule has 1 aliphatic heterocycles. The summed E-state index contributed by atoms with van der Waals surface area (Å²) in [7, 11) is -3.83. The molecular weight excluding hydrogens is 489 g/mol. The summed E-state index contributed by atoms with van der Waals surface area (Å²) in [6.07, 6.45) is 5.60. The molecule has 8 nitrogen and oxygen atoms in total. The number of amides is 2. The molecule has 1 aromatic rings. The normalized spacial score (nSPS) is 21.0. The smallest absolute Gasteiger partial charge is 0.244 e. The van der Waals surface area contributed by atoms with E-state index in [0.717, 1.165) is 6.42 Å². The lowest BCUT2D eigenvalue weighted by atomic mass is 10.0. The van der Waals surface area contributed by atoms with Crippen LogP contribution >= 0.6 is 23.2 Å². The topological polar surface area (TPSA) is 105 Å². The molecule has 33 heavy (non-hydrogen) atoms. The Balaban J connectivity index is 1.46. The summed E-state index contributed by atoms with van der Waals surface area (Å²) in [6, 6.07) is 3.56. The van der Waals surface area contributed by atoms with Crippen LogP contribution in [0.15, 0.2) is 23.1 Å². The van der Waals surface area contributed by atoms with Gasteiger partial charge in [0.05, 0.1) is 17.7 Å². The minimum Gasteiger partial charge on any atom is -0.374 e. The van der Waals surface area contributed by atoms with Crippen molar-refractivity contribution in [1.82, 2.24) is 14.9 Å². The van der Waals surface area contributed by atoms with E-state index in [1.165, 1.54) is 48.2 Å². The number of morpholine rings is 1. The van der Waals surface area contributed by atoms with Gasteiger partial charge in [0, 0.05) is 31.1 Å². The van der Waals surface area contributed by atoms with Gasteiger partial charge in [-0.25, -0.2) is 8.42 Å². The van der Waals surface area contributed by atoms with E-state index in [1.807, 2.05) is 0 Å². The lowest BCUT2D eigenvalue weighted by Crippen LogP contribution is -2.52. The highest BCUT2D eigenvalue weighted by molar-refractivity contribution is 7.89. The first kappa shape index (κ1) is 26.2. The van der Waals surface area contributed by atoms with Gasteiger partial charge >= 0.3 is 0 Å². The number of rotatable bonds is 9. The molecule has 3 rings (SSSR count). The van der Waals surface area contributed by atoms with Crippen LogP contribution in [0.3, 0.4) is 0 Å². The molecule has 1 unspecified atom stereocenters. The highest BCUT2D eigenvalue weighted by atomic mass is 35.5. The third-order valence-corrected chi connectivity index (χ3v) is 8.73. The van der Waals surface area contributed by atoms with Crippen molar-refractivity contribution in [2.75, 3.05) is 26.2 Å². The van der Waals surface area contributed by atoms with Crippen LogP contribution in [0, 0.1) is 5.92 Å². The number of hydrogen-bond donors (Lipinski definition) is 2. The summed E-state index contributed by atoms with van der Waals surface area (Å²) in [5.74, 6) is 0.148. The second kappa shape index (κ2) is 11.8. The van der Waals surface area contributed by atoms with Gasteiger partial charge in [-0.05, 0) is 37.5 Å². The molecule has 0 spiro atoms. The Morgan fingerprint density at radius 2 is 1.97 bits per heavy atom. The molecule has 2 aliphatic rings. The van der Waals surface area contributed by atoms with Crippen LogP contribution in [0.1, 0.15) is 45.4 Å². The van der Waals surface area contributed by atoms with E-state index in [-0.39, 0.29) is 48.0 Å². The highest BCUT2D eigenvalue weighted by Gasteiger charge is 2.32. The lowest BCUT2D eigenvalue weighted by molar-refractivity contribution is -0.129. The molecule has 1 saturated carbocycles. The molecule has 1 saturated heterocycles. The van der Waals surface area contributed by atoms with Crippen molar-refractivity contribution in [2.45, 2.75) is 62.5 Å². The molecule has 1 aromatic carbocycles. The van der Waals surface area contributed by atoms with Crippen LogP contribution < -0.4 is 10.6 Å². The number of ether oxygens (including phenoxy) is 1. The van der Waals surface area contributed by atoms with Gasteiger partial charge in [0.1, 0.15) is 10.9 Å². The SMILES string of the molecule is C[C@H](NC(=O)CCC1CCCC1)C(=O)NCC1CN(S(=O)(=O)c2ccc(Cl)cc2Cl)CCO1. The Hall–Kier alpha value is -1.39. The van der Waals surface area contributed by atoms with Gasteiger partial charge in [-0.1, -0.05) is 48.9 Å². The van der Waals surface area contributed by atoms with E-state index in [1.54, 1.807) is 6.92 Å². The fourth-order valence-corrected chi connectivity index (χ4v) is 6.44. The fraction of sp³-hybridized carbons (Fsp3) is 0.636. The number of nitrogens with zero attached hydrogens (tertiary/aromatic N) is 1. The van der Waals surface area contributed by atoms with Crippen LogP contribution in [0.5, 0.6) is 0 Å². The van der Waals surface area contributed by atoms with Gasteiger partial charge in [-0.15, -0.1) is 0 Å². The minimum atomic E-state index is -3.83. The number of carbonyl (C=O) groups is 2. The molecule has 0 aromatic heterocycles. The fourth-order valence-electron chi connectivity index (χ4n) is 4.24. The van der Waals surface area contributed by atoms with Crippen LogP contribution in [-0.2, 0) is 24.3 Å². The lowest BCUT2D eigenvalue weighted by Gasteiger charge is -2.32. The maximum atomic E-state index is 13.0.